The van der Waals surface area contributed by atoms with Crippen LogP contribution in [0, 0.1) is 4.77 Å². The van der Waals surface area contributed by atoms with Gasteiger partial charge in [0, 0.05) is 30.0 Å². The minimum Gasteiger partial charge on any atom is -0.303 e. The summed E-state index contributed by atoms with van der Waals surface area (Å²) in [6.07, 6.45) is 4.34. The van der Waals surface area contributed by atoms with E-state index < -0.39 is 0 Å². The lowest BCUT2D eigenvalue weighted by Gasteiger charge is -2.11. The third kappa shape index (κ3) is 2.19. The molecule has 6 heteroatoms. The SMILES string of the molecule is CC(Cn1c(C2CC2)n[nH]c1=S)c1nccs1. The second kappa shape index (κ2) is 4.34. The third-order valence-electron chi connectivity index (χ3n) is 3.06. The summed E-state index contributed by atoms with van der Waals surface area (Å²) in [5.74, 6) is 2.13. The fourth-order valence-electron chi connectivity index (χ4n) is 1.99. The summed E-state index contributed by atoms with van der Waals surface area (Å²) < 4.78 is 2.87. The van der Waals surface area contributed by atoms with Crippen LogP contribution in [0.3, 0.4) is 0 Å². The van der Waals surface area contributed by atoms with Crippen molar-refractivity contribution in [1.82, 2.24) is 19.7 Å². The summed E-state index contributed by atoms with van der Waals surface area (Å²) >= 11 is 7.00. The first-order valence-electron chi connectivity index (χ1n) is 5.80. The monoisotopic (exact) mass is 266 g/mol. The molecule has 0 bridgehead atoms. The minimum absolute atomic E-state index is 0.386. The molecule has 0 aliphatic heterocycles. The van der Waals surface area contributed by atoms with Gasteiger partial charge in [-0.05, 0) is 25.1 Å². The van der Waals surface area contributed by atoms with Crippen molar-refractivity contribution in [3.05, 3.63) is 27.2 Å². The van der Waals surface area contributed by atoms with Crippen molar-refractivity contribution >= 4 is 23.6 Å². The van der Waals surface area contributed by atoms with Crippen LogP contribution in [0.2, 0.25) is 0 Å². The standard InChI is InChI=1S/C11H14N4S2/c1-7(10-12-4-5-17-10)6-15-9(8-2-3-8)13-14-11(15)16/h4-5,7-8H,2-3,6H2,1H3,(H,14,16). The Bertz CT molecular complexity index is 550. The predicted octanol–water partition coefficient (Wildman–Crippen LogP) is 3.08. The summed E-state index contributed by atoms with van der Waals surface area (Å²) in [6, 6.07) is 0. The molecule has 1 fully saturated rings. The number of aromatic amines is 1. The first-order valence-corrected chi connectivity index (χ1v) is 7.09. The molecule has 2 aromatic heterocycles. The zero-order valence-electron chi connectivity index (χ0n) is 9.59. The summed E-state index contributed by atoms with van der Waals surface area (Å²) in [7, 11) is 0. The molecule has 90 valence electrons. The molecule has 3 rings (SSSR count). The van der Waals surface area contributed by atoms with E-state index in [4.69, 9.17) is 12.2 Å². The van der Waals surface area contributed by atoms with Crippen molar-refractivity contribution in [2.45, 2.75) is 38.1 Å². The van der Waals surface area contributed by atoms with Crippen LogP contribution in [0.4, 0.5) is 0 Å². The van der Waals surface area contributed by atoms with Crippen molar-refractivity contribution in [2.24, 2.45) is 0 Å². The van der Waals surface area contributed by atoms with Crippen LogP contribution in [0.15, 0.2) is 11.6 Å². The Kier molecular flexibility index (Phi) is 2.84. The molecule has 2 heterocycles. The number of thiazole rings is 1. The number of aromatic nitrogens is 4. The molecule has 0 saturated heterocycles. The topological polar surface area (TPSA) is 46.5 Å². The molecular weight excluding hydrogens is 252 g/mol. The summed E-state index contributed by atoms with van der Waals surface area (Å²) in [5, 5.41) is 10.4. The van der Waals surface area contributed by atoms with Gasteiger partial charge >= 0.3 is 0 Å². The number of H-pyrrole nitrogens is 1. The number of hydrogen-bond acceptors (Lipinski definition) is 4. The Morgan fingerprint density at radius 1 is 1.65 bits per heavy atom. The molecule has 0 radical (unpaired) electrons. The highest BCUT2D eigenvalue weighted by Gasteiger charge is 2.29. The molecule has 4 nitrogen and oxygen atoms in total. The van der Waals surface area contributed by atoms with Gasteiger partial charge in [-0.1, -0.05) is 6.92 Å². The van der Waals surface area contributed by atoms with E-state index >= 15 is 0 Å². The zero-order valence-corrected chi connectivity index (χ0v) is 11.2. The quantitative estimate of drug-likeness (QED) is 0.865. The highest BCUT2D eigenvalue weighted by Crippen LogP contribution is 2.39. The van der Waals surface area contributed by atoms with E-state index in [1.54, 1.807) is 11.3 Å². The zero-order chi connectivity index (χ0) is 11.8. The van der Waals surface area contributed by atoms with Gasteiger partial charge in [0.2, 0.25) is 0 Å². The molecule has 1 saturated carbocycles. The first-order chi connectivity index (χ1) is 8.25. The maximum Gasteiger partial charge on any atom is 0.195 e. The summed E-state index contributed by atoms with van der Waals surface area (Å²) in [4.78, 5) is 4.36. The highest BCUT2D eigenvalue weighted by atomic mass is 32.1. The predicted molar refractivity (Wildman–Crippen MR) is 69.9 cm³/mol. The molecule has 1 aliphatic carbocycles. The van der Waals surface area contributed by atoms with Gasteiger partial charge in [-0.15, -0.1) is 11.3 Å². The van der Waals surface area contributed by atoms with Crippen molar-refractivity contribution in [1.29, 1.82) is 0 Å². The van der Waals surface area contributed by atoms with Crippen LogP contribution in [-0.4, -0.2) is 19.7 Å². The average molecular weight is 266 g/mol. The molecule has 0 amide bonds. The van der Waals surface area contributed by atoms with Gasteiger partial charge in [-0.3, -0.25) is 5.10 Å². The molecule has 1 N–H and O–H groups in total. The molecule has 1 unspecified atom stereocenters. The largest absolute Gasteiger partial charge is 0.303 e. The molecule has 2 aromatic rings. The number of hydrogen-bond donors (Lipinski definition) is 1. The fourth-order valence-corrected chi connectivity index (χ4v) is 2.89. The lowest BCUT2D eigenvalue weighted by Crippen LogP contribution is -2.09. The summed E-state index contributed by atoms with van der Waals surface area (Å²) in [5.41, 5.74) is 0. The van der Waals surface area contributed by atoms with Gasteiger partial charge in [0.1, 0.15) is 5.82 Å². The van der Waals surface area contributed by atoms with E-state index in [1.807, 2.05) is 11.6 Å². The lowest BCUT2D eigenvalue weighted by molar-refractivity contribution is 0.565. The second-order valence-corrected chi connectivity index (χ2v) is 5.86. The summed E-state index contributed by atoms with van der Waals surface area (Å²) in [6.45, 7) is 3.05. The van der Waals surface area contributed by atoms with Crippen molar-refractivity contribution < 1.29 is 0 Å². The van der Waals surface area contributed by atoms with Gasteiger partial charge in [-0.25, -0.2) is 4.98 Å². The van der Waals surface area contributed by atoms with Crippen LogP contribution in [-0.2, 0) is 6.54 Å². The van der Waals surface area contributed by atoms with E-state index in [2.05, 4.69) is 26.7 Å². The van der Waals surface area contributed by atoms with Crippen LogP contribution >= 0.6 is 23.6 Å². The molecule has 17 heavy (non-hydrogen) atoms. The van der Waals surface area contributed by atoms with Crippen molar-refractivity contribution in [3.63, 3.8) is 0 Å². The van der Waals surface area contributed by atoms with E-state index in [1.165, 1.54) is 12.8 Å². The van der Waals surface area contributed by atoms with Crippen LogP contribution in [0.1, 0.15) is 42.4 Å². The Morgan fingerprint density at radius 3 is 3.12 bits per heavy atom. The van der Waals surface area contributed by atoms with Gasteiger partial charge in [0.05, 0.1) is 5.01 Å². The Labute approximate surface area is 109 Å². The maximum absolute atomic E-state index is 5.30. The smallest absolute Gasteiger partial charge is 0.195 e. The van der Waals surface area contributed by atoms with E-state index in [0.717, 1.165) is 22.1 Å². The van der Waals surface area contributed by atoms with E-state index in [0.29, 0.717) is 11.8 Å². The number of rotatable bonds is 4. The molecule has 1 aliphatic rings. The van der Waals surface area contributed by atoms with Gasteiger partial charge in [0.15, 0.2) is 4.77 Å². The fraction of sp³-hybridized carbons (Fsp3) is 0.545. The van der Waals surface area contributed by atoms with E-state index in [-0.39, 0.29) is 0 Å². The normalized spacial score (nSPS) is 17.2. The van der Waals surface area contributed by atoms with Gasteiger partial charge < -0.3 is 4.57 Å². The Balaban J connectivity index is 1.85. The molecule has 1 atom stereocenters. The van der Waals surface area contributed by atoms with Crippen molar-refractivity contribution in [2.75, 3.05) is 0 Å². The van der Waals surface area contributed by atoms with Crippen LogP contribution in [0.5, 0.6) is 0 Å². The molecule has 0 spiro atoms. The van der Waals surface area contributed by atoms with Crippen LogP contribution < -0.4 is 0 Å². The number of nitrogens with zero attached hydrogens (tertiary/aromatic N) is 3. The van der Waals surface area contributed by atoms with Gasteiger partial charge in [0.25, 0.3) is 0 Å². The van der Waals surface area contributed by atoms with Crippen molar-refractivity contribution in [3.8, 4) is 0 Å². The van der Waals surface area contributed by atoms with Crippen LogP contribution in [0.25, 0.3) is 0 Å². The highest BCUT2D eigenvalue weighted by molar-refractivity contribution is 7.71. The Morgan fingerprint density at radius 2 is 2.47 bits per heavy atom. The minimum atomic E-state index is 0.386. The molecule has 0 aromatic carbocycles. The molecular formula is C11H14N4S2. The first kappa shape index (κ1) is 11.1. The lowest BCUT2D eigenvalue weighted by atomic mass is 10.2. The number of nitrogens with one attached hydrogen (secondary N) is 1. The van der Waals surface area contributed by atoms with Gasteiger partial charge in [-0.2, -0.15) is 5.10 Å². The van der Waals surface area contributed by atoms with E-state index in [9.17, 15) is 0 Å². The second-order valence-electron chi connectivity index (χ2n) is 4.54. The third-order valence-corrected chi connectivity index (χ3v) is 4.38. The maximum atomic E-state index is 5.30. The average Bonchev–Trinajstić information content (AvgIpc) is 2.89. The Hall–Kier alpha value is -1.01.